The molecule has 0 amide bonds. The Labute approximate surface area is 93.4 Å². The molecule has 2 unspecified atom stereocenters. The van der Waals surface area contributed by atoms with E-state index in [0.29, 0.717) is 6.42 Å². The smallest absolute Gasteiger partial charge is 0.303 e. The predicted octanol–water partition coefficient (Wildman–Crippen LogP) is 1.33. The highest BCUT2D eigenvalue weighted by Gasteiger charge is 2.24. The number of carbonyl (C=O) groups excluding carboxylic acids is 1. The molecule has 2 rings (SSSR count). The van der Waals surface area contributed by atoms with Gasteiger partial charge >= 0.3 is 5.76 Å². The lowest BCUT2D eigenvalue weighted by Gasteiger charge is -2.17. The van der Waals surface area contributed by atoms with Crippen LogP contribution in [0, 0.1) is 5.92 Å². The summed E-state index contributed by atoms with van der Waals surface area (Å²) >= 11 is 0. The van der Waals surface area contributed by atoms with Gasteiger partial charge in [0.2, 0.25) is 0 Å². The van der Waals surface area contributed by atoms with Crippen LogP contribution in [0.1, 0.15) is 44.5 Å². The van der Waals surface area contributed by atoms with Crippen molar-refractivity contribution in [3.63, 3.8) is 0 Å². The highest BCUT2D eigenvalue weighted by molar-refractivity contribution is 5.52. The summed E-state index contributed by atoms with van der Waals surface area (Å²) in [5.41, 5.74) is 0. The van der Waals surface area contributed by atoms with Gasteiger partial charge in [-0.25, -0.2) is 4.79 Å². The first-order valence-corrected chi connectivity index (χ1v) is 5.74. The molecule has 1 aliphatic rings. The molecular weight excluding hydrogens is 208 g/mol. The summed E-state index contributed by atoms with van der Waals surface area (Å²) in [7, 11) is 0. The van der Waals surface area contributed by atoms with E-state index >= 15 is 0 Å². The zero-order valence-electron chi connectivity index (χ0n) is 9.39. The summed E-state index contributed by atoms with van der Waals surface area (Å²) in [6.45, 7) is 1.87. The third kappa shape index (κ3) is 2.08. The maximum atomic E-state index is 11.5. The van der Waals surface area contributed by atoms with E-state index < -0.39 is 0 Å². The Kier molecular flexibility index (Phi) is 3.22. The van der Waals surface area contributed by atoms with Crippen molar-refractivity contribution in [3.05, 3.63) is 16.4 Å². The zero-order chi connectivity index (χ0) is 11.5. The van der Waals surface area contributed by atoms with Crippen molar-refractivity contribution < 1.29 is 9.32 Å². The molecule has 1 aliphatic heterocycles. The van der Waals surface area contributed by atoms with Gasteiger partial charge in [-0.3, -0.25) is 9.09 Å². The minimum atomic E-state index is -0.389. The quantitative estimate of drug-likeness (QED) is 0.726. The van der Waals surface area contributed by atoms with E-state index in [1.54, 1.807) is 4.57 Å². The van der Waals surface area contributed by atoms with Crippen LogP contribution in [0.25, 0.3) is 0 Å². The fourth-order valence-corrected chi connectivity index (χ4v) is 2.31. The van der Waals surface area contributed by atoms with Crippen molar-refractivity contribution in [2.75, 3.05) is 0 Å². The van der Waals surface area contributed by atoms with Gasteiger partial charge in [0, 0.05) is 18.4 Å². The normalized spacial score (nSPS) is 22.2. The van der Waals surface area contributed by atoms with Crippen LogP contribution in [0.3, 0.4) is 0 Å². The third-order valence-corrected chi connectivity index (χ3v) is 3.13. The molecule has 88 valence electrons. The second kappa shape index (κ2) is 4.63. The summed E-state index contributed by atoms with van der Waals surface area (Å²) in [5, 5.41) is 3.79. The van der Waals surface area contributed by atoms with Crippen molar-refractivity contribution in [2.24, 2.45) is 5.92 Å². The average molecular weight is 224 g/mol. The van der Waals surface area contributed by atoms with Crippen LogP contribution < -0.4 is 5.76 Å². The van der Waals surface area contributed by atoms with Gasteiger partial charge in [-0.1, -0.05) is 18.5 Å². The molecule has 1 aromatic rings. The van der Waals surface area contributed by atoms with E-state index in [9.17, 15) is 9.59 Å². The maximum Gasteiger partial charge on any atom is 0.441 e. The molecule has 0 saturated carbocycles. The Morgan fingerprint density at radius 1 is 1.62 bits per heavy atom. The molecule has 0 saturated heterocycles. The number of fused-ring (bicyclic) bond motifs is 1. The average Bonchev–Trinajstić information content (AvgIpc) is 2.53. The van der Waals surface area contributed by atoms with E-state index in [1.165, 1.54) is 0 Å². The van der Waals surface area contributed by atoms with Gasteiger partial charge in [-0.15, -0.1) is 0 Å². The first-order chi connectivity index (χ1) is 7.72. The van der Waals surface area contributed by atoms with Crippen LogP contribution in [-0.2, 0) is 11.2 Å². The molecular formula is C11H16N2O3. The van der Waals surface area contributed by atoms with E-state index in [4.69, 9.17) is 0 Å². The van der Waals surface area contributed by atoms with E-state index in [0.717, 1.165) is 37.8 Å². The van der Waals surface area contributed by atoms with Gasteiger partial charge in [0.25, 0.3) is 0 Å². The summed E-state index contributed by atoms with van der Waals surface area (Å²) in [4.78, 5) is 22.2. The van der Waals surface area contributed by atoms with Crippen LogP contribution >= 0.6 is 0 Å². The lowest BCUT2D eigenvalue weighted by Crippen LogP contribution is -2.23. The first-order valence-electron chi connectivity index (χ1n) is 5.74. The minimum Gasteiger partial charge on any atom is -0.303 e. The monoisotopic (exact) mass is 224 g/mol. The fraction of sp³-hybridized carbons (Fsp3) is 0.727. The second-order valence-corrected chi connectivity index (χ2v) is 4.48. The summed E-state index contributed by atoms with van der Waals surface area (Å²) in [5.74, 6) is 0.309. The topological polar surface area (TPSA) is 65.1 Å². The Bertz CT molecular complexity index is 421. The highest BCUT2D eigenvalue weighted by atomic mass is 16.5. The van der Waals surface area contributed by atoms with Gasteiger partial charge in [0.05, 0.1) is 0 Å². The van der Waals surface area contributed by atoms with Crippen molar-refractivity contribution in [1.29, 1.82) is 0 Å². The molecule has 0 radical (unpaired) electrons. The second-order valence-electron chi connectivity index (χ2n) is 4.48. The zero-order valence-corrected chi connectivity index (χ0v) is 9.39. The molecule has 0 fully saturated rings. The summed E-state index contributed by atoms with van der Waals surface area (Å²) < 4.78 is 6.32. The van der Waals surface area contributed by atoms with Crippen LogP contribution in [0.4, 0.5) is 0 Å². The van der Waals surface area contributed by atoms with Crippen LogP contribution in [0.2, 0.25) is 0 Å². The Morgan fingerprint density at radius 2 is 2.44 bits per heavy atom. The Balaban J connectivity index is 2.28. The van der Waals surface area contributed by atoms with Crippen molar-refractivity contribution >= 4 is 6.29 Å². The third-order valence-electron chi connectivity index (χ3n) is 3.13. The number of aromatic nitrogens is 2. The van der Waals surface area contributed by atoms with E-state index in [1.807, 2.05) is 6.92 Å². The number of carbonyl (C=O) groups is 1. The fourth-order valence-electron chi connectivity index (χ4n) is 2.31. The predicted molar refractivity (Wildman–Crippen MR) is 57.2 cm³/mol. The molecule has 0 aromatic carbocycles. The first kappa shape index (κ1) is 11.1. The molecule has 0 spiro atoms. The number of hydrogen-bond donors (Lipinski definition) is 0. The number of nitrogens with zero attached hydrogens (tertiary/aromatic N) is 2. The van der Waals surface area contributed by atoms with Gasteiger partial charge in [0.1, 0.15) is 6.29 Å². The largest absolute Gasteiger partial charge is 0.441 e. The molecule has 2 heterocycles. The highest BCUT2D eigenvalue weighted by Crippen LogP contribution is 2.26. The van der Waals surface area contributed by atoms with Crippen LogP contribution in [-0.4, -0.2) is 16.0 Å². The van der Waals surface area contributed by atoms with E-state index in [2.05, 4.69) is 9.68 Å². The maximum absolute atomic E-state index is 11.5. The van der Waals surface area contributed by atoms with E-state index in [-0.39, 0.29) is 17.7 Å². The van der Waals surface area contributed by atoms with Gasteiger partial charge < -0.3 is 4.79 Å². The Morgan fingerprint density at radius 3 is 3.19 bits per heavy atom. The van der Waals surface area contributed by atoms with Gasteiger partial charge in [0.15, 0.2) is 5.82 Å². The summed E-state index contributed by atoms with van der Waals surface area (Å²) in [6.07, 6.45) is 5.43. The van der Waals surface area contributed by atoms with Crippen LogP contribution in [0.5, 0.6) is 0 Å². The molecule has 5 heteroatoms. The van der Waals surface area contributed by atoms with Gasteiger partial charge in [-0.05, 0) is 19.3 Å². The SMILES string of the molecule is CC(C=O)CC1CCCCc2noc(=O)n21. The molecule has 2 atom stereocenters. The lowest BCUT2D eigenvalue weighted by atomic mass is 9.99. The van der Waals surface area contributed by atoms with Crippen molar-refractivity contribution in [2.45, 2.75) is 45.1 Å². The van der Waals surface area contributed by atoms with Crippen molar-refractivity contribution in [3.8, 4) is 0 Å². The van der Waals surface area contributed by atoms with Crippen molar-refractivity contribution in [1.82, 2.24) is 9.72 Å². The minimum absolute atomic E-state index is 0.0299. The van der Waals surface area contributed by atoms with Crippen LogP contribution in [0.15, 0.2) is 9.32 Å². The number of aldehydes is 1. The molecule has 0 N–H and O–H groups in total. The molecule has 0 bridgehead atoms. The number of rotatable bonds is 3. The Hall–Kier alpha value is -1.39. The number of hydrogen-bond acceptors (Lipinski definition) is 4. The standard InChI is InChI=1S/C11H16N2O3/c1-8(7-14)6-9-4-2-3-5-10-12-16-11(15)13(9)10/h7-9H,2-6H2,1H3. The molecule has 5 nitrogen and oxygen atoms in total. The summed E-state index contributed by atoms with van der Waals surface area (Å²) in [6, 6.07) is 0.0662. The number of aryl methyl sites for hydroxylation is 1. The molecule has 1 aromatic heterocycles. The lowest BCUT2D eigenvalue weighted by molar-refractivity contribution is -0.111. The van der Waals surface area contributed by atoms with Gasteiger partial charge in [-0.2, -0.15) is 0 Å². The molecule has 16 heavy (non-hydrogen) atoms. The molecule has 0 aliphatic carbocycles.